The minimum absolute atomic E-state index is 0.00862. The summed E-state index contributed by atoms with van der Waals surface area (Å²) in [5.74, 6) is 2.65. The Balaban J connectivity index is 1.48. The third-order valence-electron chi connectivity index (χ3n) is 10.9. The molecule has 320 valence electrons. The van der Waals surface area contributed by atoms with Gasteiger partial charge < -0.3 is 13.6 Å². The van der Waals surface area contributed by atoms with Crippen molar-refractivity contribution >= 4 is 33.2 Å². The molecule has 0 heterocycles. The molecule has 0 N–H and O–H groups in total. The molecule has 3 nitrogen and oxygen atoms in total. The molecule has 5 rings (SSSR count). The first-order valence-electron chi connectivity index (χ1n) is 21.5. The summed E-state index contributed by atoms with van der Waals surface area (Å²) in [5.41, 5.74) is 10.8. The molecule has 0 fully saturated rings. The van der Waals surface area contributed by atoms with Gasteiger partial charge in [0.15, 0.2) is 0 Å². The molecule has 0 aliphatic carbocycles. The molecule has 0 aliphatic heterocycles. The quantitative estimate of drug-likeness (QED) is 0.131. The molecule has 0 saturated carbocycles. The molecule has 0 saturated heterocycles. The molecular weight excluding hydrogens is 771 g/mol. The van der Waals surface area contributed by atoms with Crippen LogP contribution in [0.3, 0.4) is 0 Å². The lowest BCUT2D eigenvalue weighted by Crippen LogP contribution is -2.18. The SMILES string of the molecule is CC(C)=Cc1cc(C(C)(C)C)ccc1OP(Oc1ccc(C(C)(C)C)cc1C(C)(C)C)c1ccc(-c2ccc(P(C)Oc3ccc(C(C)(C)C)cc3C(C)(C)C)cc2)cc1. The lowest BCUT2D eigenvalue weighted by Gasteiger charge is -2.29. The van der Waals surface area contributed by atoms with Gasteiger partial charge in [0.1, 0.15) is 25.4 Å². The van der Waals surface area contributed by atoms with Crippen LogP contribution in [0.1, 0.15) is 151 Å². The lowest BCUT2D eigenvalue weighted by atomic mass is 9.80. The molecule has 0 amide bonds. The molecule has 2 atom stereocenters. The summed E-state index contributed by atoms with van der Waals surface area (Å²) in [6.07, 6.45) is 2.21. The van der Waals surface area contributed by atoms with E-state index in [1.54, 1.807) is 0 Å². The highest BCUT2D eigenvalue weighted by atomic mass is 31.2. The second-order valence-corrected chi connectivity index (χ2v) is 24.9. The standard InChI is InChI=1S/C55H72O3P2/c1-37(2)33-40-34-41(51(3,4)5)23-30-48(40)57-60(58-50-32-25-43(53(9,10)11)36-47(50)55(15,16)17)45-28-21-39(22-29-45)38-19-26-44(27-20-38)59(18)56-49-31-24-42(52(6,7)8)35-46(49)54(12,13)14/h19-36H,1-18H3. The van der Waals surface area contributed by atoms with E-state index < -0.39 is 16.5 Å². The fraction of sp³-hybridized carbons (Fsp3) is 0.418. The van der Waals surface area contributed by atoms with Gasteiger partial charge in [0.2, 0.25) is 0 Å². The van der Waals surface area contributed by atoms with Crippen molar-refractivity contribution in [2.75, 3.05) is 6.66 Å². The molecule has 0 radical (unpaired) electrons. The van der Waals surface area contributed by atoms with Crippen molar-refractivity contribution in [2.45, 2.75) is 145 Å². The van der Waals surface area contributed by atoms with Gasteiger partial charge in [0.05, 0.1) is 5.30 Å². The first-order valence-corrected chi connectivity index (χ1v) is 24.4. The number of benzene rings is 5. The first-order chi connectivity index (χ1) is 27.6. The van der Waals surface area contributed by atoms with Crippen LogP contribution in [0.25, 0.3) is 17.2 Å². The molecule has 2 unspecified atom stereocenters. The van der Waals surface area contributed by atoms with E-state index in [0.29, 0.717) is 0 Å². The minimum atomic E-state index is -1.57. The molecule has 0 aromatic heterocycles. The number of rotatable bonds is 10. The highest BCUT2D eigenvalue weighted by Crippen LogP contribution is 2.47. The van der Waals surface area contributed by atoms with Gasteiger partial charge in [-0.1, -0.05) is 182 Å². The van der Waals surface area contributed by atoms with E-state index in [2.05, 4.69) is 234 Å². The van der Waals surface area contributed by atoms with Crippen molar-refractivity contribution in [3.63, 3.8) is 0 Å². The van der Waals surface area contributed by atoms with Gasteiger partial charge in [-0.3, -0.25) is 0 Å². The van der Waals surface area contributed by atoms with Crippen LogP contribution in [0.2, 0.25) is 0 Å². The summed E-state index contributed by atoms with van der Waals surface area (Å²) in [4.78, 5) is 0. The van der Waals surface area contributed by atoms with Crippen LogP contribution < -0.4 is 24.2 Å². The molecule has 0 aliphatic rings. The van der Waals surface area contributed by atoms with Gasteiger partial charge in [0, 0.05) is 22.0 Å². The van der Waals surface area contributed by atoms with E-state index in [4.69, 9.17) is 13.6 Å². The Labute approximate surface area is 367 Å². The van der Waals surface area contributed by atoms with Crippen molar-refractivity contribution in [3.05, 3.63) is 142 Å². The zero-order valence-electron chi connectivity index (χ0n) is 40.0. The Morgan fingerprint density at radius 1 is 0.417 bits per heavy atom. The smallest absolute Gasteiger partial charge is 0.326 e. The molecule has 5 aromatic rings. The Kier molecular flexibility index (Phi) is 14.0. The van der Waals surface area contributed by atoms with Crippen LogP contribution in [0.5, 0.6) is 17.2 Å². The molecule has 5 heteroatoms. The maximum Gasteiger partial charge on any atom is 0.326 e. The van der Waals surface area contributed by atoms with Gasteiger partial charge >= 0.3 is 8.38 Å². The van der Waals surface area contributed by atoms with E-state index in [1.807, 2.05) is 0 Å². The Morgan fingerprint density at radius 2 is 0.783 bits per heavy atom. The third kappa shape index (κ3) is 11.9. The molecular formula is C55H72O3P2. The van der Waals surface area contributed by atoms with Crippen molar-refractivity contribution in [1.29, 1.82) is 0 Å². The maximum absolute atomic E-state index is 7.09. The van der Waals surface area contributed by atoms with E-state index in [0.717, 1.165) is 39.2 Å². The zero-order valence-corrected chi connectivity index (χ0v) is 41.8. The summed E-state index contributed by atoms with van der Waals surface area (Å²) in [5, 5.41) is 2.21. The monoisotopic (exact) mass is 842 g/mol. The predicted molar refractivity (Wildman–Crippen MR) is 265 cm³/mol. The van der Waals surface area contributed by atoms with E-state index in [9.17, 15) is 0 Å². The topological polar surface area (TPSA) is 27.7 Å². The summed E-state index contributed by atoms with van der Waals surface area (Å²) in [7, 11) is -2.44. The zero-order chi connectivity index (χ0) is 44.6. The average Bonchev–Trinajstić information content (AvgIpc) is 3.13. The first kappa shape index (κ1) is 47.2. The van der Waals surface area contributed by atoms with Crippen LogP contribution in [0.4, 0.5) is 0 Å². The van der Waals surface area contributed by atoms with Crippen molar-refractivity contribution in [2.24, 2.45) is 0 Å². The van der Waals surface area contributed by atoms with Crippen molar-refractivity contribution in [3.8, 4) is 28.4 Å². The summed E-state index contributed by atoms with van der Waals surface area (Å²) in [6, 6.07) is 37.6. The Bertz CT molecular complexity index is 2280. The van der Waals surface area contributed by atoms with Crippen molar-refractivity contribution in [1.82, 2.24) is 0 Å². The molecule has 0 bridgehead atoms. The summed E-state index contributed by atoms with van der Waals surface area (Å²) in [6.45, 7) is 40.4. The van der Waals surface area contributed by atoms with Crippen LogP contribution >= 0.6 is 16.5 Å². The molecule has 60 heavy (non-hydrogen) atoms. The minimum Gasteiger partial charge on any atom is -0.469 e. The number of hydrogen-bond acceptors (Lipinski definition) is 3. The van der Waals surface area contributed by atoms with Crippen LogP contribution in [0.15, 0.2) is 109 Å². The largest absolute Gasteiger partial charge is 0.469 e. The van der Waals surface area contributed by atoms with E-state index in [-0.39, 0.29) is 27.1 Å². The van der Waals surface area contributed by atoms with Crippen LogP contribution in [-0.4, -0.2) is 6.66 Å². The second kappa shape index (κ2) is 17.8. The van der Waals surface area contributed by atoms with Gasteiger partial charge in [0.25, 0.3) is 0 Å². The maximum atomic E-state index is 7.09. The lowest BCUT2D eigenvalue weighted by molar-refractivity contribution is 0.479. The normalized spacial score (nSPS) is 13.7. The fourth-order valence-corrected chi connectivity index (χ4v) is 9.44. The summed E-state index contributed by atoms with van der Waals surface area (Å²) < 4.78 is 20.9. The van der Waals surface area contributed by atoms with Gasteiger partial charge in [-0.25, -0.2) is 0 Å². The van der Waals surface area contributed by atoms with Gasteiger partial charge in [-0.2, -0.15) is 0 Å². The molecule has 0 spiro atoms. The van der Waals surface area contributed by atoms with Gasteiger partial charge in [-0.15, -0.1) is 0 Å². The predicted octanol–water partition coefficient (Wildman–Crippen LogP) is 16.1. The fourth-order valence-electron chi connectivity index (χ4n) is 6.99. The van der Waals surface area contributed by atoms with Crippen LogP contribution in [0, 0.1) is 0 Å². The number of hydrogen-bond donors (Lipinski definition) is 0. The van der Waals surface area contributed by atoms with Crippen molar-refractivity contribution < 1.29 is 13.6 Å². The van der Waals surface area contributed by atoms with E-state index in [1.165, 1.54) is 38.7 Å². The second-order valence-electron chi connectivity index (χ2n) is 21.8. The summed E-state index contributed by atoms with van der Waals surface area (Å²) >= 11 is 0. The Hall–Kier alpha value is -3.90. The average molecular weight is 843 g/mol. The highest BCUT2D eigenvalue weighted by molar-refractivity contribution is 7.60. The van der Waals surface area contributed by atoms with Gasteiger partial charge in [-0.05, 0) is 112 Å². The van der Waals surface area contributed by atoms with Crippen LogP contribution in [-0.2, 0) is 27.1 Å². The molecule has 5 aromatic carbocycles. The number of allylic oxidation sites excluding steroid dienone is 1. The highest BCUT2D eigenvalue weighted by Gasteiger charge is 2.29. The Morgan fingerprint density at radius 3 is 1.18 bits per heavy atom. The third-order valence-corrected chi connectivity index (χ3v) is 13.8. The van der Waals surface area contributed by atoms with E-state index >= 15 is 0 Å².